The lowest BCUT2D eigenvalue weighted by Crippen LogP contribution is -2.24. The van der Waals surface area contributed by atoms with Gasteiger partial charge in [-0.15, -0.1) is 5.10 Å². The summed E-state index contributed by atoms with van der Waals surface area (Å²) in [5.74, 6) is 0.163. The van der Waals surface area contributed by atoms with Crippen molar-refractivity contribution in [3.05, 3.63) is 64.7 Å². The third-order valence-corrected chi connectivity index (χ3v) is 4.63. The van der Waals surface area contributed by atoms with E-state index in [0.717, 1.165) is 11.3 Å². The molecule has 128 valence electrons. The average molecular weight is 374 g/mol. The van der Waals surface area contributed by atoms with Gasteiger partial charge in [-0.1, -0.05) is 53.2 Å². The molecule has 1 amide bonds. The maximum Gasteiger partial charge on any atom is 0.230 e. The van der Waals surface area contributed by atoms with Crippen LogP contribution in [0.25, 0.3) is 5.69 Å². The van der Waals surface area contributed by atoms with Crippen molar-refractivity contribution in [1.29, 1.82) is 0 Å². The molecule has 1 N–H and O–H groups in total. The van der Waals surface area contributed by atoms with E-state index in [0.29, 0.717) is 16.7 Å². The topological polar surface area (TPSA) is 72.7 Å². The molecule has 2 aromatic carbocycles. The lowest BCUT2D eigenvalue weighted by atomic mass is 10.1. The molecule has 0 fully saturated rings. The number of nitrogens with one attached hydrogen (secondary N) is 1. The SMILES string of the molecule is Cc1ccc(CNC(=O)CSc2nnnn2-c2ccc(Cl)cc2)cc1. The summed E-state index contributed by atoms with van der Waals surface area (Å²) < 4.78 is 1.58. The standard InChI is InChI=1S/C17H16ClN5OS/c1-12-2-4-13(5-3-12)10-19-16(24)11-25-17-20-21-22-23(17)15-8-6-14(18)7-9-15/h2-9H,10-11H2,1H3,(H,19,24). The minimum Gasteiger partial charge on any atom is -0.351 e. The fraction of sp³-hybridized carbons (Fsp3) is 0.176. The van der Waals surface area contributed by atoms with Crippen LogP contribution in [0.1, 0.15) is 11.1 Å². The quantitative estimate of drug-likeness (QED) is 0.672. The van der Waals surface area contributed by atoms with Gasteiger partial charge < -0.3 is 5.32 Å². The van der Waals surface area contributed by atoms with Crippen LogP contribution < -0.4 is 5.32 Å². The molecule has 25 heavy (non-hydrogen) atoms. The Kier molecular flexibility index (Phi) is 5.67. The second-order valence-corrected chi connectivity index (χ2v) is 6.78. The Bertz CT molecular complexity index is 848. The van der Waals surface area contributed by atoms with Crippen molar-refractivity contribution in [1.82, 2.24) is 25.5 Å². The van der Waals surface area contributed by atoms with Crippen LogP contribution in [-0.4, -0.2) is 31.9 Å². The monoisotopic (exact) mass is 373 g/mol. The van der Waals surface area contributed by atoms with E-state index in [1.807, 2.05) is 43.3 Å². The largest absolute Gasteiger partial charge is 0.351 e. The minimum atomic E-state index is -0.0729. The van der Waals surface area contributed by atoms with E-state index >= 15 is 0 Å². The zero-order chi connectivity index (χ0) is 17.6. The second kappa shape index (κ2) is 8.13. The molecule has 0 bridgehead atoms. The first kappa shape index (κ1) is 17.4. The number of thioether (sulfide) groups is 1. The number of carbonyl (C=O) groups is 1. The molecule has 0 saturated carbocycles. The highest BCUT2D eigenvalue weighted by atomic mass is 35.5. The first-order chi connectivity index (χ1) is 12.1. The Morgan fingerprint density at radius 1 is 1.16 bits per heavy atom. The van der Waals surface area contributed by atoms with Crippen molar-refractivity contribution in [3.63, 3.8) is 0 Å². The summed E-state index contributed by atoms with van der Waals surface area (Å²) in [6.45, 7) is 2.53. The first-order valence-corrected chi connectivity index (χ1v) is 8.97. The van der Waals surface area contributed by atoms with E-state index in [1.165, 1.54) is 17.3 Å². The molecule has 0 saturated heterocycles. The summed E-state index contributed by atoms with van der Waals surface area (Å²) in [7, 11) is 0. The molecule has 0 radical (unpaired) electrons. The van der Waals surface area contributed by atoms with Crippen LogP contribution in [0.2, 0.25) is 5.02 Å². The number of amides is 1. The van der Waals surface area contributed by atoms with Crippen molar-refractivity contribution in [3.8, 4) is 5.69 Å². The van der Waals surface area contributed by atoms with Gasteiger partial charge in [-0.05, 0) is 47.2 Å². The minimum absolute atomic E-state index is 0.0729. The Morgan fingerprint density at radius 3 is 2.60 bits per heavy atom. The molecule has 0 atom stereocenters. The lowest BCUT2D eigenvalue weighted by molar-refractivity contribution is -0.118. The van der Waals surface area contributed by atoms with Gasteiger partial charge in [-0.25, -0.2) is 0 Å². The van der Waals surface area contributed by atoms with Gasteiger partial charge in [0.1, 0.15) is 0 Å². The summed E-state index contributed by atoms with van der Waals surface area (Å²) in [4.78, 5) is 12.0. The number of hydrogen-bond acceptors (Lipinski definition) is 5. The molecular weight excluding hydrogens is 358 g/mol. The summed E-state index contributed by atoms with van der Waals surface area (Å²) in [6, 6.07) is 15.2. The van der Waals surface area contributed by atoms with Gasteiger partial charge in [0, 0.05) is 11.6 Å². The Hall–Kier alpha value is -2.38. The molecule has 0 aliphatic carbocycles. The molecule has 1 heterocycles. The molecule has 0 spiro atoms. The first-order valence-electron chi connectivity index (χ1n) is 7.61. The van der Waals surface area contributed by atoms with Crippen LogP contribution in [0.5, 0.6) is 0 Å². The fourth-order valence-corrected chi connectivity index (χ4v) is 2.95. The van der Waals surface area contributed by atoms with Gasteiger partial charge in [0.2, 0.25) is 11.1 Å². The Morgan fingerprint density at radius 2 is 1.88 bits per heavy atom. The van der Waals surface area contributed by atoms with Crippen molar-refractivity contribution < 1.29 is 4.79 Å². The van der Waals surface area contributed by atoms with Crippen molar-refractivity contribution in [2.75, 3.05) is 5.75 Å². The van der Waals surface area contributed by atoms with Crippen molar-refractivity contribution in [2.24, 2.45) is 0 Å². The van der Waals surface area contributed by atoms with E-state index in [2.05, 4.69) is 20.8 Å². The van der Waals surface area contributed by atoms with Gasteiger partial charge in [-0.3, -0.25) is 4.79 Å². The molecular formula is C17H16ClN5OS. The van der Waals surface area contributed by atoms with E-state index in [1.54, 1.807) is 16.8 Å². The normalized spacial score (nSPS) is 10.6. The summed E-state index contributed by atoms with van der Waals surface area (Å²) in [5, 5.41) is 15.7. The number of benzene rings is 2. The summed E-state index contributed by atoms with van der Waals surface area (Å²) in [6.07, 6.45) is 0. The maximum atomic E-state index is 12.0. The van der Waals surface area contributed by atoms with Gasteiger partial charge >= 0.3 is 0 Å². The highest BCUT2D eigenvalue weighted by Crippen LogP contribution is 2.19. The predicted octanol–water partition coefficient (Wildman–Crippen LogP) is 3.03. The third-order valence-electron chi connectivity index (χ3n) is 3.45. The third kappa shape index (κ3) is 4.80. The van der Waals surface area contributed by atoms with Crippen LogP contribution in [0.3, 0.4) is 0 Å². The van der Waals surface area contributed by atoms with E-state index in [-0.39, 0.29) is 11.7 Å². The van der Waals surface area contributed by atoms with Gasteiger partial charge in [0.05, 0.1) is 11.4 Å². The molecule has 3 rings (SSSR count). The number of aryl methyl sites for hydroxylation is 1. The number of nitrogens with zero attached hydrogens (tertiary/aromatic N) is 4. The maximum absolute atomic E-state index is 12.0. The highest BCUT2D eigenvalue weighted by molar-refractivity contribution is 7.99. The number of halogens is 1. The van der Waals surface area contributed by atoms with Crippen molar-refractivity contribution in [2.45, 2.75) is 18.6 Å². The average Bonchev–Trinajstić information content (AvgIpc) is 3.09. The molecule has 3 aromatic rings. The lowest BCUT2D eigenvalue weighted by Gasteiger charge is -2.06. The highest BCUT2D eigenvalue weighted by Gasteiger charge is 2.11. The van der Waals surface area contributed by atoms with E-state index < -0.39 is 0 Å². The molecule has 0 aliphatic rings. The van der Waals surface area contributed by atoms with Gasteiger partial charge in [0.25, 0.3) is 0 Å². The van der Waals surface area contributed by atoms with Crippen LogP contribution >= 0.6 is 23.4 Å². The van der Waals surface area contributed by atoms with Crippen LogP contribution in [0.4, 0.5) is 0 Å². The second-order valence-electron chi connectivity index (χ2n) is 5.40. The number of hydrogen-bond donors (Lipinski definition) is 1. The zero-order valence-electron chi connectivity index (χ0n) is 13.5. The number of aromatic nitrogens is 4. The van der Waals surface area contributed by atoms with Crippen LogP contribution in [0, 0.1) is 6.92 Å². The Balaban J connectivity index is 1.55. The van der Waals surface area contributed by atoms with Crippen LogP contribution in [0.15, 0.2) is 53.7 Å². The predicted molar refractivity (Wildman–Crippen MR) is 97.9 cm³/mol. The molecule has 1 aromatic heterocycles. The summed E-state index contributed by atoms with van der Waals surface area (Å²) >= 11 is 7.17. The smallest absolute Gasteiger partial charge is 0.230 e. The molecule has 8 heteroatoms. The zero-order valence-corrected chi connectivity index (χ0v) is 15.1. The molecule has 0 aliphatic heterocycles. The number of rotatable bonds is 6. The van der Waals surface area contributed by atoms with E-state index in [4.69, 9.17) is 11.6 Å². The summed E-state index contributed by atoms with van der Waals surface area (Å²) in [5.41, 5.74) is 3.05. The number of tetrazole rings is 1. The van der Waals surface area contributed by atoms with Crippen LogP contribution in [-0.2, 0) is 11.3 Å². The van der Waals surface area contributed by atoms with Gasteiger partial charge in [0.15, 0.2) is 0 Å². The molecule has 6 nitrogen and oxygen atoms in total. The fourth-order valence-electron chi connectivity index (χ4n) is 2.10. The van der Waals surface area contributed by atoms with Crippen molar-refractivity contribution >= 4 is 29.3 Å². The Labute approximate surface area is 154 Å². The van der Waals surface area contributed by atoms with Gasteiger partial charge in [-0.2, -0.15) is 4.68 Å². The molecule has 0 unspecified atom stereocenters. The van der Waals surface area contributed by atoms with E-state index in [9.17, 15) is 4.79 Å². The number of carbonyl (C=O) groups excluding carboxylic acids is 1.